The maximum Gasteiger partial charge on any atom is 0.110 e. The van der Waals surface area contributed by atoms with Gasteiger partial charge in [0.1, 0.15) is 5.67 Å². The zero-order valence-electron chi connectivity index (χ0n) is 13.2. The quantitative estimate of drug-likeness (QED) is 0.620. The Morgan fingerprint density at radius 3 is 2.42 bits per heavy atom. The van der Waals surface area contributed by atoms with Gasteiger partial charge in [-0.15, -0.1) is 0 Å². The van der Waals surface area contributed by atoms with Gasteiger partial charge in [-0.1, -0.05) is 13.3 Å². The minimum absolute atomic E-state index is 0.151. The summed E-state index contributed by atoms with van der Waals surface area (Å²) in [6.45, 7) is 7.84. The highest BCUT2D eigenvalue weighted by Crippen LogP contribution is 2.47. The summed E-state index contributed by atoms with van der Waals surface area (Å²) in [6, 6.07) is 0. The molecular formula is C17H31FO. The van der Waals surface area contributed by atoms with Crippen LogP contribution in [0.15, 0.2) is 0 Å². The molecule has 0 spiro atoms. The van der Waals surface area contributed by atoms with Gasteiger partial charge in [0, 0.05) is 5.41 Å². The van der Waals surface area contributed by atoms with Crippen molar-refractivity contribution in [2.75, 3.05) is 0 Å². The Morgan fingerprint density at radius 1 is 1.05 bits per heavy atom. The lowest BCUT2D eigenvalue weighted by Crippen LogP contribution is -2.37. The molecule has 0 aromatic heterocycles. The summed E-state index contributed by atoms with van der Waals surface area (Å²) >= 11 is 0. The van der Waals surface area contributed by atoms with E-state index in [1.54, 1.807) is 13.8 Å². The van der Waals surface area contributed by atoms with Crippen LogP contribution in [0.2, 0.25) is 0 Å². The molecule has 2 unspecified atom stereocenters. The second-order valence-electron chi connectivity index (χ2n) is 7.64. The first kappa shape index (κ1) is 15.3. The van der Waals surface area contributed by atoms with Crippen LogP contribution >= 0.6 is 0 Å². The van der Waals surface area contributed by atoms with E-state index in [1.165, 1.54) is 25.7 Å². The molecule has 0 aromatic rings. The van der Waals surface area contributed by atoms with Crippen LogP contribution in [0.5, 0.6) is 0 Å². The zero-order valence-corrected chi connectivity index (χ0v) is 13.2. The smallest absolute Gasteiger partial charge is 0.110 e. The molecule has 2 rings (SSSR count). The number of hydrogen-bond acceptors (Lipinski definition) is 1. The van der Waals surface area contributed by atoms with Gasteiger partial charge < -0.3 is 4.74 Å². The summed E-state index contributed by atoms with van der Waals surface area (Å²) in [7, 11) is 0. The lowest BCUT2D eigenvalue weighted by Gasteiger charge is -2.38. The van der Waals surface area contributed by atoms with Gasteiger partial charge in [-0.2, -0.15) is 0 Å². The van der Waals surface area contributed by atoms with Gasteiger partial charge in [0.25, 0.3) is 0 Å². The molecule has 4 atom stereocenters. The summed E-state index contributed by atoms with van der Waals surface area (Å²) in [5.74, 6) is 0.659. The van der Waals surface area contributed by atoms with Crippen LogP contribution < -0.4 is 0 Å². The topological polar surface area (TPSA) is 9.23 Å². The molecule has 1 aliphatic carbocycles. The van der Waals surface area contributed by atoms with Crippen molar-refractivity contribution in [3.05, 3.63) is 0 Å². The van der Waals surface area contributed by atoms with Gasteiger partial charge in [0.2, 0.25) is 0 Å². The maximum atomic E-state index is 14.4. The Morgan fingerprint density at radius 2 is 1.79 bits per heavy atom. The van der Waals surface area contributed by atoms with Gasteiger partial charge in [-0.05, 0) is 71.6 Å². The standard InChI is InChI=1S/C17H31FO/c1-13-7-5-9-15(19-13)14-8-6-11-17(4,12-10-14)16(2,3)18/h13-15H,5-12H2,1-4H3/t13-,14?,15?,17-/m0/s1. The highest BCUT2D eigenvalue weighted by atomic mass is 19.1. The minimum atomic E-state index is -1.07. The number of ether oxygens (including phenoxy) is 1. The maximum absolute atomic E-state index is 14.4. The first-order valence-electron chi connectivity index (χ1n) is 8.16. The van der Waals surface area contributed by atoms with Crippen LogP contribution in [0.25, 0.3) is 0 Å². The molecule has 112 valence electrons. The van der Waals surface area contributed by atoms with E-state index in [9.17, 15) is 4.39 Å². The summed E-state index contributed by atoms with van der Waals surface area (Å²) in [4.78, 5) is 0. The molecule has 0 N–H and O–H groups in total. The van der Waals surface area contributed by atoms with Crippen molar-refractivity contribution in [3.8, 4) is 0 Å². The van der Waals surface area contributed by atoms with E-state index in [2.05, 4.69) is 13.8 Å². The first-order chi connectivity index (χ1) is 8.82. The molecule has 1 aliphatic heterocycles. The average molecular weight is 270 g/mol. The summed E-state index contributed by atoms with van der Waals surface area (Å²) in [5.41, 5.74) is -1.22. The van der Waals surface area contributed by atoms with E-state index in [4.69, 9.17) is 4.74 Å². The van der Waals surface area contributed by atoms with Gasteiger partial charge in [0.15, 0.2) is 0 Å². The molecule has 0 bridgehead atoms. The average Bonchev–Trinajstić information content (AvgIpc) is 2.51. The fourth-order valence-electron chi connectivity index (χ4n) is 3.88. The molecule has 2 aliphatic rings. The normalized spacial score (nSPS) is 41.8. The first-order valence-corrected chi connectivity index (χ1v) is 8.16. The van der Waals surface area contributed by atoms with Crippen LogP contribution in [-0.2, 0) is 4.74 Å². The van der Waals surface area contributed by atoms with Gasteiger partial charge >= 0.3 is 0 Å². The third-order valence-corrected chi connectivity index (χ3v) is 5.84. The van der Waals surface area contributed by atoms with E-state index < -0.39 is 5.67 Å². The van der Waals surface area contributed by atoms with Crippen molar-refractivity contribution < 1.29 is 9.13 Å². The van der Waals surface area contributed by atoms with E-state index >= 15 is 0 Å². The number of hydrogen-bond donors (Lipinski definition) is 0. The highest BCUT2D eigenvalue weighted by molar-refractivity contribution is 4.93. The predicted molar refractivity (Wildman–Crippen MR) is 78.1 cm³/mol. The van der Waals surface area contributed by atoms with Crippen molar-refractivity contribution in [2.24, 2.45) is 11.3 Å². The molecule has 19 heavy (non-hydrogen) atoms. The van der Waals surface area contributed by atoms with Crippen molar-refractivity contribution >= 4 is 0 Å². The molecule has 0 aromatic carbocycles. The summed E-state index contributed by atoms with van der Waals surface area (Å²) in [6.07, 6.45) is 10.1. The Balaban J connectivity index is 1.96. The Kier molecular flexibility index (Phi) is 4.59. The van der Waals surface area contributed by atoms with Crippen molar-refractivity contribution in [2.45, 2.75) is 96.9 Å². The van der Waals surface area contributed by atoms with Crippen molar-refractivity contribution in [1.82, 2.24) is 0 Å². The van der Waals surface area contributed by atoms with Crippen LogP contribution in [0.4, 0.5) is 4.39 Å². The lowest BCUT2D eigenvalue weighted by atomic mass is 9.71. The highest BCUT2D eigenvalue weighted by Gasteiger charge is 2.43. The van der Waals surface area contributed by atoms with Crippen molar-refractivity contribution in [3.63, 3.8) is 0 Å². The van der Waals surface area contributed by atoms with Crippen LogP contribution in [-0.4, -0.2) is 17.9 Å². The number of halogens is 1. The van der Waals surface area contributed by atoms with Gasteiger partial charge in [0.05, 0.1) is 12.2 Å². The molecule has 1 saturated heterocycles. The fourth-order valence-corrected chi connectivity index (χ4v) is 3.88. The largest absolute Gasteiger partial charge is 0.375 e. The molecule has 1 saturated carbocycles. The summed E-state index contributed by atoms with van der Waals surface area (Å²) in [5, 5.41) is 0. The van der Waals surface area contributed by atoms with Gasteiger partial charge in [-0.25, -0.2) is 4.39 Å². The Labute approximate surface area is 118 Å². The molecule has 1 heterocycles. The number of rotatable bonds is 2. The fraction of sp³-hybridized carbons (Fsp3) is 1.00. The van der Waals surface area contributed by atoms with E-state index in [1.807, 2.05) is 0 Å². The van der Waals surface area contributed by atoms with Crippen LogP contribution in [0.3, 0.4) is 0 Å². The second kappa shape index (κ2) is 5.71. The minimum Gasteiger partial charge on any atom is -0.375 e. The van der Waals surface area contributed by atoms with Crippen LogP contribution in [0.1, 0.15) is 79.1 Å². The molecule has 0 amide bonds. The number of alkyl halides is 1. The SMILES string of the molecule is C[C@H]1CCCC(C2CCC[C@](C)(C(C)(C)F)CC2)O1. The van der Waals surface area contributed by atoms with E-state index in [-0.39, 0.29) is 5.41 Å². The second-order valence-corrected chi connectivity index (χ2v) is 7.64. The molecule has 1 nitrogen and oxygen atoms in total. The molecular weight excluding hydrogens is 239 g/mol. The van der Waals surface area contributed by atoms with E-state index in [0.29, 0.717) is 18.1 Å². The van der Waals surface area contributed by atoms with Crippen LogP contribution in [0, 0.1) is 11.3 Å². The Hall–Kier alpha value is -0.110. The Bertz CT molecular complexity index is 296. The molecule has 0 radical (unpaired) electrons. The van der Waals surface area contributed by atoms with Gasteiger partial charge in [-0.3, -0.25) is 0 Å². The zero-order chi connectivity index (χ0) is 14.1. The predicted octanol–water partition coefficient (Wildman–Crippen LogP) is 5.28. The monoisotopic (exact) mass is 270 g/mol. The van der Waals surface area contributed by atoms with Crippen molar-refractivity contribution in [1.29, 1.82) is 0 Å². The summed E-state index contributed by atoms with van der Waals surface area (Å²) < 4.78 is 20.6. The lowest BCUT2D eigenvalue weighted by molar-refractivity contribution is -0.0730. The van der Waals surface area contributed by atoms with E-state index in [0.717, 1.165) is 25.7 Å². The molecule has 2 heteroatoms. The third-order valence-electron chi connectivity index (χ3n) is 5.84. The molecule has 2 fully saturated rings. The third kappa shape index (κ3) is 3.51.